The number of rotatable bonds is 5. The summed E-state index contributed by atoms with van der Waals surface area (Å²) in [7, 11) is -4.60. The van der Waals surface area contributed by atoms with Crippen LogP contribution in [-0.2, 0) is 19.6 Å². The summed E-state index contributed by atoms with van der Waals surface area (Å²) < 4.78 is 43.6. The minimum atomic E-state index is -4.60. The molecule has 0 amide bonds. The average molecular weight is 544 g/mol. The molecule has 9 heteroatoms. The van der Waals surface area contributed by atoms with Crippen LogP contribution in [0.25, 0.3) is 0 Å². The second-order valence-corrected chi connectivity index (χ2v) is 8.97. The first-order valence-corrected chi connectivity index (χ1v) is 11.3. The van der Waals surface area contributed by atoms with Crippen LogP contribution >= 0.6 is 0 Å². The normalized spacial score (nSPS) is 18.5. The SMILES string of the molecule is O=C(OC1CCCCC1)c1cc(C(=O)OC2CCCCC2)cc(S(=O)(=O)O)c1.[CsH]. The molecule has 7 nitrogen and oxygen atoms in total. The summed E-state index contributed by atoms with van der Waals surface area (Å²) in [6.45, 7) is 0. The van der Waals surface area contributed by atoms with Crippen LogP contribution in [0.1, 0.15) is 84.9 Å². The van der Waals surface area contributed by atoms with Gasteiger partial charge in [0.2, 0.25) is 0 Å². The zero-order valence-corrected chi connectivity index (χ0v) is 16.6. The number of carbonyl (C=O) groups excluding carboxylic acids is 2. The van der Waals surface area contributed by atoms with E-state index in [2.05, 4.69) is 0 Å². The van der Waals surface area contributed by atoms with E-state index in [9.17, 15) is 22.6 Å². The van der Waals surface area contributed by atoms with Gasteiger partial charge < -0.3 is 9.47 Å². The van der Waals surface area contributed by atoms with Crippen LogP contribution in [0.2, 0.25) is 0 Å². The van der Waals surface area contributed by atoms with Crippen molar-refractivity contribution in [3.8, 4) is 0 Å². The van der Waals surface area contributed by atoms with Gasteiger partial charge in [-0.25, -0.2) is 9.59 Å². The Morgan fingerprint density at radius 2 is 1.14 bits per heavy atom. The van der Waals surface area contributed by atoms with Gasteiger partial charge in [0.05, 0.1) is 16.0 Å². The van der Waals surface area contributed by atoms with Crippen molar-refractivity contribution in [1.29, 1.82) is 0 Å². The Kier molecular flexibility index (Phi) is 10.2. The van der Waals surface area contributed by atoms with Crippen molar-refractivity contribution in [2.45, 2.75) is 81.3 Å². The van der Waals surface area contributed by atoms with Gasteiger partial charge in [-0.05, 0) is 69.6 Å². The van der Waals surface area contributed by atoms with Gasteiger partial charge in [0, 0.05) is 0 Å². The van der Waals surface area contributed by atoms with Gasteiger partial charge in [-0.2, -0.15) is 8.42 Å². The summed E-state index contributed by atoms with van der Waals surface area (Å²) in [6, 6.07) is 3.32. The number of carbonyl (C=O) groups is 2. The molecule has 0 saturated heterocycles. The first-order valence-electron chi connectivity index (χ1n) is 9.87. The second kappa shape index (κ2) is 11.7. The van der Waals surface area contributed by atoms with Crippen LogP contribution in [0, 0.1) is 0 Å². The van der Waals surface area contributed by atoms with Crippen molar-refractivity contribution < 1.29 is 32.0 Å². The van der Waals surface area contributed by atoms with Crippen LogP contribution in [-0.4, -0.2) is 106 Å². The van der Waals surface area contributed by atoms with Gasteiger partial charge >= 0.3 is 80.8 Å². The molecule has 2 aliphatic rings. The maximum absolute atomic E-state index is 12.5. The van der Waals surface area contributed by atoms with Gasteiger partial charge in [-0.15, -0.1) is 0 Å². The molecule has 0 heterocycles. The summed E-state index contributed by atoms with van der Waals surface area (Å²) in [5, 5.41) is 0. The average Bonchev–Trinajstić information content (AvgIpc) is 2.68. The molecule has 0 aliphatic heterocycles. The molecule has 2 fully saturated rings. The van der Waals surface area contributed by atoms with Gasteiger partial charge in [-0.3, -0.25) is 4.55 Å². The summed E-state index contributed by atoms with van der Waals surface area (Å²) in [4.78, 5) is 24.5. The van der Waals surface area contributed by atoms with E-state index in [1.807, 2.05) is 0 Å². The van der Waals surface area contributed by atoms with Crippen LogP contribution in [0.4, 0.5) is 0 Å². The van der Waals surface area contributed by atoms with Gasteiger partial charge in [0.25, 0.3) is 10.1 Å². The predicted molar refractivity (Wildman–Crippen MR) is 108 cm³/mol. The fraction of sp³-hybridized carbons (Fsp3) is 0.600. The molecule has 156 valence electrons. The Hall–Kier alpha value is 0.122. The second-order valence-electron chi connectivity index (χ2n) is 7.55. The van der Waals surface area contributed by atoms with E-state index in [4.69, 9.17) is 9.47 Å². The molecule has 3 rings (SSSR count). The van der Waals surface area contributed by atoms with Crippen LogP contribution < -0.4 is 0 Å². The zero-order valence-electron chi connectivity index (χ0n) is 15.8. The molecule has 0 spiro atoms. The number of esters is 2. The summed E-state index contributed by atoms with van der Waals surface area (Å²) in [5.41, 5.74) is -0.174. The Morgan fingerprint density at radius 1 is 0.759 bits per heavy atom. The van der Waals surface area contributed by atoms with E-state index in [1.54, 1.807) is 0 Å². The predicted octanol–water partition coefficient (Wildman–Crippen LogP) is 3.26. The van der Waals surface area contributed by atoms with E-state index >= 15 is 0 Å². The molecular formula is C20H27CsO7S. The summed E-state index contributed by atoms with van der Waals surface area (Å²) >= 11 is 0. The zero-order chi connectivity index (χ0) is 20.1. The Labute approximate surface area is 230 Å². The molecule has 0 unspecified atom stereocenters. The maximum atomic E-state index is 12.5. The Bertz CT molecular complexity index is 775. The van der Waals surface area contributed by atoms with Gasteiger partial charge in [0.1, 0.15) is 12.2 Å². The van der Waals surface area contributed by atoms with Crippen LogP contribution in [0.3, 0.4) is 0 Å². The molecule has 1 aromatic rings. The van der Waals surface area contributed by atoms with E-state index in [0.717, 1.165) is 76.3 Å². The summed E-state index contributed by atoms with van der Waals surface area (Å²) in [5.74, 6) is -1.41. The van der Waals surface area contributed by atoms with Crippen molar-refractivity contribution in [3.63, 3.8) is 0 Å². The third-order valence-electron chi connectivity index (χ3n) is 5.33. The first-order chi connectivity index (χ1) is 13.3. The number of hydrogen-bond donors (Lipinski definition) is 1. The van der Waals surface area contributed by atoms with Crippen molar-refractivity contribution in [3.05, 3.63) is 29.3 Å². The molecule has 1 aromatic carbocycles. The Balaban J connectivity index is 0.00000300. The van der Waals surface area contributed by atoms with Crippen LogP contribution in [0.5, 0.6) is 0 Å². The minimum absolute atomic E-state index is 0. The fourth-order valence-corrected chi connectivity index (χ4v) is 4.34. The van der Waals surface area contributed by atoms with Crippen molar-refractivity contribution in [2.75, 3.05) is 0 Å². The number of benzene rings is 1. The monoisotopic (exact) mass is 544 g/mol. The third-order valence-corrected chi connectivity index (χ3v) is 6.16. The van der Waals surface area contributed by atoms with E-state index in [0.29, 0.717) is 0 Å². The number of ether oxygens (including phenoxy) is 2. The van der Waals surface area contributed by atoms with E-state index in [-0.39, 0.29) is 92.2 Å². The third kappa shape index (κ3) is 7.64. The summed E-state index contributed by atoms with van der Waals surface area (Å²) in [6.07, 6.45) is 8.73. The molecule has 29 heavy (non-hydrogen) atoms. The molecular weight excluding hydrogens is 517 g/mol. The molecule has 0 radical (unpaired) electrons. The standard InChI is InChI=1S/C20H26O7S.Cs.H/c21-19(26-16-7-3-1-4-8-16)14-11-15(13-18(12-14)28(23,24)25)20(22)27-17-9-5-2-6-10-17;;/h11-13,16-17H,1-10H2,(H,23,24,25);;. The molecule has 0 atom stereocenters. The Morgan fingerprint density at radius 3 is 1.48 bits per heavy atom. The molecule has 2 aliphatic carbocycles. The van der Waals surface area contributed by atoms with Gasteiger partial charge in [-0.1, -0.05) is 12.8 Å². The van der Waals surface area contributed by atoms with E-state index < -0.39 is 27.0 Å². The van der Waals surface area contributed by atoms with Crippen LogP contribution in [0.15, 0.2) is 23.1 Å². The molecule has 0 bridgehead atoms. The fourth-order valence-electron chi connectivity index (χ4n) is 3.79. The first kappa shape index (κ1) is 25.4. The van der Waals surface area contributed by atoms with Crippen molar-refractivity contribution in [1.82, 2.24) is 0 Å². The molecule has 0 aromatic heterocycles. The van der Waals surface area contributed by atoms with Gasteiger partial charge in [0.15, 0.2) is 0 Å². The van der Waals surface area contributed by atoms with Crippen molar-refractivity contribution in [2.24, 2.45) is 0 Å². The quantitative estimate of drug-likeness (QED) is 0.448. The van der Waals surface area contributed by atoms with E-state index in [1.165, 1.54) is 6.07 Å². The molecule has 1 N–H and O–H groups in total. The number of hydrogen-bond acceptors (Lipinski definition) is 6. The molecule has 2 saturated carbocycles. The topological polar surface area (TPSA) is 107 Å². The van der Waals surface area contributed by atoms with Crippen molar-refractivity contribution >= 4 is 91.0 Å².